The summed E-state index contributed by atoms with van der Waals surface area (Å²) in [5.41, 5.74) is 3.89. The molecular formula is C10H12F3N3OS. The van der Waals surface area contributed by atoms with E-state index in [0.717, 1.165) is 21.2 Å². The van der Waals surface area contributed by atoms with Crippen molar-refractivity contribution in [3.05, 3.63) is 22.5 Å². The number of halogens is 3. The summed E-state index contributed by atoms with van der Waals surface area (Å²) in [7, 11) is 0. The SMILES string of the molecule is Cc1cn2c(CNOCC(F)(F)F)c(C)nc2s1. The summed E-state index contributed by atoms with van der Waals surface area (Å²) in [6.45, 7) is 2.64. The van der Waals surface area contributed by atoms with Gasteiger partial charge in [-0.15, -0.1) is 11.3 Å². The van der Waals surface area contributed by atoms with Crippen LogP contribution in [0, 0.1) is 13.8 Å². The van der Waals surface area contributed by atoms with Crippen molar-refractivity contribution >= 4 is 16.3 Å². The van der Waals surface area contributed by atoms with Crippen molar-refractivity contribution in [3.8, 4) is 0 Å². The summed E-state index contributed by atoms with van der Waals surface area (Å²) in [6, 6.07) is 0. The molecule has 8 heteroatoms. The van der Waals surface area contributed by atoms with Gasteiger partial charge in [0.1, 0.15) is 0 Å². The monoisotopic (exact) mass is 279 g/mol. The second-order valence-corrected chi connectivity index (χ2v) is 5.08. The van der Waals surface area contributed by atoms with Crippen molar-refractivity contribution in [1.82, 2.24) is 14.9 Å². The van der Waals surface area contributed by atoms with E-state index in [2.05, 4.69) is 15.3 Å². The summed E-state index contributed by atoms with van der Waals surface area (Å²) in [5, 5.41) is 0. The molecule has 4 nitrogen and oxygen atoms in total. The smallest absolute Gasteiger partial charge is 0.293 e. The van der Waals surface area contributed by atoms with Gasteiger partial charge < -0.3 is 0 Å². The van der Waals surface area contributed by atoms with Crippen LogP contribution in [-0.4, -0.2) is 22.2 Å². The Hall–Kier alpha value is -1.12. The maximum Gasteiger partial charge on any atom is 0.413 e. The molecule has 0 bridgehead atoms. The van der Waals surface area contributed by atoms with E-state index in [1.54, 1.807) is 0 Å². The highest BCUT2D eigenvalue weighted by molar-refractivity contribution is 7.17. The number of nitrogens with one attached hydrogen (secondary N) is 1. The van der Waals surface area contributed by atoms with Gasteiger partial charge in [-0.2, -0.15) is 18.7 Å². The van der Waals surface area contributed by atoms with Crippen molar-refractivity contribution in [2.24, 2.45) is 0 Å². The molecule has 0 aliphatic rings. The second kappa shape index (κ2) is 4.87. The van der Waals surface area contributed by atoms with Gasteiger partial charge in [-0.25, -0.2) is 4.98 Å². The van der Waals surface area contributed by atoms with Gasteiger partial charge in [0.05, 0.1) is 17.9 Å². The first-order valence-corrected chi connectivity index (χ1v) is 6.04. The molecule has 2 heterocycles. The summed E-state index contributed by atoms with van der Waals surface area (Å²) in [4.78, 5) is 10.6. The van der Waals surface area contributed by atoms with Gasteiger partial charge in [0.25, 0.3) is 0 Å². The van der Waals surface area contributed by atoms with E-state index in [9.17, 15) is 13.2 Å². The standard InChI is InChI=1S/C10H12F3N3OS/c1-6-4-16-8(7(2)15-9(16)18-6)3-14-17-5-10(11,12)13/h4,14H,3,5H2,1-2H3. The number of nitrogens with zero attached hydrogens (tertiary/aromatic N) is 2. The Morgan fingerprint density at radius 1 is 1.44 bits per heavy atom. The number of fused-ring (bicyclic) bond motifs is 1. The number of aromatic nitrogens is 2. The minimum Gasteiger partial charge on any atom is -0.293 e. The fourth-order valence-electron chi connectivity index (χ4n) is 1.57. The number of hydrogen-bond donors (Lipinski definition) is 1. The van der Waals surface area contributed by atoms with E-state index in [0.29, 0.717) is 0 Å². The zero-order valence-corrected chi connectivity index (χ0v) is 10.7. The Balaban J connectivity index is 2.00. The van der Waals surface area contributed by atoms with Gasteiger partial charge in [0, 0.05) is 11.1 Å². The van der Waals surface area contributed by atoms with Crippen molar-refractivity contribution in [1.29, 1.82) is 0 Å². The molecule has 0 saturated heterocycles. The predicted molar refractivity (Wildman–Crippen MR) is 61.4 cm³/mol. The maximum atomic E-state index is 11.9. The van der Waals surface area contributed by atoms with Gasteiger partial charge in [-0.05, 0) is 13.8 Å². The van der Waals surface area contributed by atoms with Gasteiger partial charge in [0.15, 0.2) is 11.6 Å². The number of alkyl halides is 3. The Labute approximate surface area is 105 Å². The van der Waals surface area contributed by atoms with E-state index >= 15 is 0 Å². The molecule has 0 aliphatic carbocycles. The van der Waals surface area contributed by atoms with Crippen molar-refractivity contribution in [2.75, 3.05) is 6.61 Å². The van der Waals surface area contributed by atoms with E-state index in [-0.39, 0.29) is 6.54 Å². The van der Waals surface area contributed by atoms with Crippen LogP contribution in [0.3, 0.4) is 0 Å². The lowest BCUT2D eigenvalue weighted by atomic mass is 10.3. The van der Waals surface area contributed by atoms with Crippen LogP contribution in [0.2, 0.25) is 0 Å². The van der Waals surface area contributed by atoms with Gasteiger partial charge in [0.2, 0.25) is 0 Å². The third kappa shape index (κ3) is 3.01. The lowest BCUT2D eigenvalue weighted by Gasteiger charge is -2.08. The molecule has 0 spiro atoms. The normalized spacial score (nSPS) is 12.5. The molecule has 0 amide bonds. The summed E-state index contributed by atoms with van der Waals surface area (Å²) in [6.07, 6.45) is -2.42. The van der Waals surface area contributed by atoms with Crippen LogP contribution >= 0.6 is 11.3 Å². The number of hydroxylamine groups is 1. The average molecular weight is 279 g/mol. The largest absolute Gasteiger partial charge is 0.413 e. The van der Waals surface area contributed by atoms with Crippen LogP contribution in [0.4, 0.5) is 13.2 Å². The molecular weight excluding hydrogens is 267 g/mol. The molecule has 2 aromatic heterocycles. The first-order valence-electron chi connectivity index (χ1n) is 5.22. The number of rotatable bonds is 4. The summed E-state index contributed by atoms with van der Waals surface area (Å²) >= 11 is 1.53. The van der Waals surface area contributed by atoms with E-state index in [1.807, 2.05) is 24.4 Å². The van der Waals surface area contributed by atoms with Crippen LogP contribution in [-0.2, 0) is 11.4 Å². The zero-order valence-electron chi connectivity index (χ0n) is 9.84. The Kier molecular flexibility index (Phi) is 3.60. The quantitative estimate of drug-likeness (QED) is 0.690. The van der Waals surface area contributed by atoms with Crippen LogP contribution in [0.5, 0.6) is 0 Å². The highest BCUT2D eigenvalue weighted by Gasteiger charge is 2.27. The Bertz CT molecular complexity index is 546. The third-order valence-corrected chi connectivity index (χ3v) is 3.22. The molecule has 1 N–H and O–H groups in total. The Morgan fingerprint density at radius 2 is 2.17 bits per heavy atom. The zero-order chi connectivity index (χ0) is 13.3. The number of aryl methyl sites for hydroxylation is 2. The van der Waals surface area contributed by atoms with E-state index < -0.39 is 12.8 Å². The van der Waals surface area contributed by atoms with Crippen molar-refractivity contribution in [3.63, 3.8) is 0 Å². The summed E-state index contributed by atoms with van der Waals surface area (Å²) in [5.74, 6) is 0. The van der Waals surface area contributed by atoms with Gasteiger partial charge >= 0.3 is 6.18 Å². The van der Waals surface area contributed by atoms with E-state index in [1.165, 1.54) is 11.3 Å². The van der Waals surface area contributed by atoms with Crippen LogP contribution in [0.25, 0.3) is 4.96 Å². The molecule has 0 atom stereocenters. The summed E-state index contributed by atoms with van der Waals surface area (Å²) < 4.78 is 37.5. The highest BCUT2D eigenvalue weighted by atomic mass is 32.1. The average Bonchev–Trinajstić information content (AvgIpc) is 2.68. The van der Waals surface area contributed by atoms with Gasteiger partial charge in [-0.3, -0.25) is 9.24 Å². The number of imidazole rings is 1. The topological polar surface area (TPSA) is 38.6 Å². The van der Waals surface area contributed by atoms with Crippen molar-refractivity contribution in [2.45, 2.75) is 26.6 Å². The lowest BCUT2D eigenvalue weighted by Crippen LogP contribution is -2.25. The predicted octanol–water partition coefficient (Wildman–Crippen LogP) is 2.60. The molecule has 0 aliphatic heterocycles. The molecule has 0 fully saturated rings. The van der Waals surface area contributed by atoms with Crippen LogP contribution in [0.15, 0.2) is 6.20 Å². The Morgan fingerprint density at radius 3 is 2.83 bits per heavy atom. The first kappa shape index (κ1) is 13.3. The van der Waals surface area contributed by atoms with Gasteiger partial charge in [-0.1, -0.05) is 0 Å². The number of thiazole rings is 1. The second-order valence-electron chi connectivity index (χ2n) is 3.86. The molecule has 2 aromatic rings. The molecule has 0 unspecified atom stereocenters. The molecule has 2 rings (SSSR count). The van der Waals surface area contributed by atoms with Crippen molar-refractivity contribution < 1.29 is 18.0 Å². The minimum absolute atomic E-state index is 0.180. The lowest BCUT2D eigenvalue weighted by molar-refractivity contribution is -0.190. The maximum absolute atomic E-state index is 11.9. The number of hydrogen-bond acceptors (Lipinski definition) is 4. The first-order chi connectivity index (χ1) is 8.37. The molecule has 0 saturated carbocycles. The third-order valence-electron chi connectivity index (χ3n) is 2.32. The van der Waals surface area contributed by atoms with Crippen LogP contribution in [0.1, 0.15) is 16.3 Å². The molecule has 0 aromatic carbocycles. The molecule has 100 valence electrons. The fourth-order valence-corrected chi connectivity index (χ4v) is 2.46. The van der Waals surface area contributed by atoms with Crippen LogP contribution < -0.4 is 5.48 Å². The fraction of sp³-hybridized carbons (Fsp3) is 0.500. The highest BCUT2D eigenvalue weighted by Crippen LogP contribution is 2.20. The molecule has 0 radical (unpaired) electrons. The minimum atomic E-state index is -4.33. The molecule has 18 heavy (non-hydrogen) atoms. The van der Waals surface area contributed by atoms with E-state index in [4.69, 9.17) is 0 Å².